The molecule has 0 radical (unpaired) electrons. The molecule has 4 aromatic rings. The summed E-state index contributed by atoms with van der Waals surface area (Å²) in [7, 11) is 3.19. The summed E-state index contributed by atoms with van der Waals surface area (Å²) in [6, 6.07) is 22.7. The Hall–Kier alpha value is -3.57. The van der Waals surface area contributed by atoms with Crippen LogP contribution in [0.25, 0.3) is 22.2 Å². The molecule has 1 heterocycles. The summed E-state index contributed by atoms with van der Waals surface area (Å²) in [4.78, 5) is 17.9. The van der Waals surface area contributed by atoms with Gasteiger partial charge in [0.15, 0.2) is 11.5 Å². The van der Waals surface area contributed by atoms with Crippen molar-refractivity contribution in [2.24, 2.45) is 0 Å². The Labute approximate surface area is 192 Å². The predicted molar refractivity (Wildman–Crippen MR) is 128 cm³/mol. The van der Waals surface area contributed by atoms with Gasteiger partial charge in [-0.3, -0.25) is 4.79 Å². The van der Waals surface area contributed by atoms with Crippen molar-refractivity contribution in [1.29, 1.82) is 0 Å². The van der Waals surface area contributed by atoms with Crippen LogP contribution in [-0.4, -0.2) is 31.7 Å². The smallest absolute Gasteiger partial charge is 0.252 e. The number of para-hydroxylation sites is 1. The topological polar surface area (TPSA) is 60.5 Å². The van der Waals surface area contributed by atoms with Crippen LogP contribution in [0.2, 0.25) is 5.02 Å². The monoisotopic (exact) mass is 446 g/mol. The van der Waals surface area contributed by atoms with E-state index in [1.165, 1.54) is 0 Å². The van der Waals surface area contributed by atoms with Crippen molar-refractivity contribution in [2.75, 3.05) is 20.8 Å². The Morgan fingerprint density at radius 1 is 0.938 bits per heavy atom. The first-order valence-electron chi connectivity index (χ1n) is 10.2. The molecule has 0 aliphatic carbocycles. The summed E-state index contributed by atoms with van der Waals surface area (Å²) < 4.78 is 10.8. The number of methoxy groups -OCH3 is 2. The van der Waals surface area contributed by atoms with E-state index in [2.05, 4.69) is 5.32 Å². The maximum atomic E-state index is 13.1. The molecule has 0 saturated heterocycles. The first kappa shape index (κ1) is 21.7. The van der Waals surface area contributed by atoms with Crippen molar-refractivity contribution in [3.05, 3.63) is 88.9 Å². The summed E-state index contributed by atoms with van der Waals surface area (Å²) in [5, 5.41) is 4.52. The average Bonchev–Trinajstić information content (AvgIpc) is 2.82. The lowest BCUT2D eigenvalue weighted by Crippen LogP contribution is -2.26. The third-order valence-electron chi connectivity index (χ3n) is 5.23. The molecule has 5 nitrogen and oxygen atoms in total. The zero-order valence-electron chi connectivity index (χ0n) is 17.9. The van der Waals surface area contributed by atoms with Gasteiger partial charge in [-0.05, 0) is 54.4 Å². The number of nitrogens with one attached hydrogen (secondary N) is 1. The van der Waals surface area contributed by atoms with Crippen LogP contribution in [-0.2, 0) is 6.42 Å². The molecule has 0 atom stereocenters. The molecule has 1 N–H and O–H groups in total. The molecular weight excluding hydrogens is 424 g/mol. The van der Waals surface area contributed by atoms with E-state index in [4.69, 9.17) is 26.1 Å². The van der Waals surface area contributed by atoms with Crippen LogP contribution in [0.3, 0.4) is 0 Å². The highest BCUT2D eigenvalue weighted by atomic mass is 35.5. The van der Waals surface area contributed by atoms with Crippen LogP contribution in [0.4, 0.5) is 0 Å². The van der Waals surface area contributed by atoms with E-state index < -0.39 is 0 Å². The zero-order chi connectivity index (χ0) is 22.5. The average molecular weight is 447 g/mol. The van der Waals surface area contributed by atoms with Crippen molar-refractivity contribution >= 4 is 28.4 Å². The minimum atomic E-state index is -0.146. The molecule has 1 aromatic heterocycles. The number of hydrogen-bond acceptors (Lipinski definition) is 4. The van der Waals surface area contributed by atoms with Crippen LogP contribution in [0.15, 0.2) is 72.8 Å². The van der Waals surface area contributed by atoms with Crippen molar-refractivity contribution < 1.29 is 14.3 Å². The van der Waals surface area contributed by atoms with E-state index in [1.807, 2.05) is 72.8 Å². The molecule has 162 valence electrons. The molecule has 6 heteroatoms. The van der Waals surface area contributed by atoms with Crippen LogP contribution in [0.5, 0.6) is 11.5 Å². The Kier molecular flexibility index (Phi) is 6.57. The standard InChI is InChI=1S/C26H23ClN2O3/c1-31-24-11-10-18(15-25(24)32-2)23-16-21(20-8-3-4-9-22(20)29-23)26(30)28-13-12-17-6-5-7-19(27)14-17/h3-11,14-16H,12-13H2,1-2H3,(H,28,30). The number of rotatable bonds is 7. The van der Waals surface area contributed by atoms with Gasteiger partial charge < -0.3 is 14.8 Å². The number of fused-ring (bicyclic) bond motifs is 1. The summed E-state index contributed by atoms with van der Waals surface area (Å²) in [6.07, 6.45) is 0.692. The first-order chi connectivity index (χ1) is 15.6. The number of halogens is 1. The van der Waals surface area contributed by atoms with Gasteiger partial charge in [0.1, 0.15) is 0 Å². The maximum absolute atomic E-state index is 13.1. The molecule has 0 aliphatic rings. The third-order valence-corrected chi connectivity index (χ3v) is 5.46. The van der Waals surface area contributed by atoms with Crippen molar-refractivity contribution in [3.63, 3.8) is 0 Å². The molecule has 32 heavy (non-hydrogen) atoms. The highest BCUT2D eigenvalue weighted by Gasteiger charge is 2.15. The van der Waals surface area contributed by atoms with Gasteiger partial charge >= 0.3 is 0 Å². The van der Waals surface area contributed by atoms with Gasteiger partial charge in [0.05, 0.1) is 31.0 Å². The maximum Gasteiger partial charge on any atom is 0.252 e. The number of carbonyl (C=O) groups is 1. The normalized spacial score (nSPS) is 10.7. The molecule has 4 rings (SSSR count). The molecule has 0 unspecified atom stereocenters. The second-order valence-corrected chi connectivity index (χ2v) is 7.71. The van der Waals surface area contributed by atoms with E-state index in [0.717, 1.165) is 22.0 Å². The highest BCUT2D eigenvalue weighted by molar-refractivity contribution is 6.30. The van der Waals surface area contributed by atoms with E-state index in [0.29, 0.717) is 40.7 Å². The van der Waals surface area contributed by atoms with Gasteiger partial charge in [0, 0.05) is 22.5 Å². The Bertz CT molecular complexity index is 1270. The fourth-order valence-corrected chi connectivity index (χ4v) is 3.83. The summed E-state index contributed by atoms with van der Waals surface area (Å²) in [6.45, 7) is 0.502. The lowest BCUT2D eigenvalue weighted by molar-refractivity contribution is 0.0955. The second kappa shape index (κ2) is 9.71. The number of pyridine rings is 1. The van der Waals surface area contributed by atoms with Crippen molar-refractivity contribution in [2.45, 2.75) is 6.42 Å². The summed E-state index contributed by atoms with van der Waals surface area (Å²) in [5.74, 6) is 1.09. The molecule has 0 bridgehead atoms. The zero-order valence-corrected chi connectivity index (χ0v) is 18.6. The molecule has 3 aromatic carbocycles. The van der Waals surface area contributed by atoms with E-state index in [1.54, 1.807) is 14.2 Å². The Morgan fingerprint density at radius 2 is 1.75 bits per heavy atom. The Morgan fingerprint density at radius 3 is 2.53 bits per heavy atom. The van der Waals surface area contributed by atoms with Crippen LogP contribution >= 0.6 is 11.6 Å². The fraction of sp³-hybridized carbons (Fsp3) is 0.154. The highest BCUT2D eigenvalue weighted by Crippen LogP contribution is 2.33. The predicted octanol–water partition coefficient (Wildman–Crippen LogP) is 5.54. The van der Waals surface area contributed by atoms with Crippen LogP contribution in [0.1, 0.15) is 15.9 Å². The van der Waals surface area contributed by atoms with Gasteiger partial charge in [-0.2, -0.15) is 0 Å². The number of amides is 1. The number of carbonyl (C=O) groups excluding carboxylic acids is 1. The van der Waals surface area contributed by atoms with Crippen LogP contribution in [0, 0.1) is 0 Å². The van der Waals surface area contributed by atoms with Crippen molar-refractivity contribution in [3.8, 4) is 22.8 Å². The quantitative estimate of drug-likeness (QED) is 0.404. The SMILES string of the molecule is COc1ccc(-c2cc(C(=O)NCCc3cccc(Cl)c3)c3ccccc3n2)cc1OC. The fourth-order valence-electron chi connectivity index (χ4n) is 3.61. The van der Waals surface area contributed by atoms with Crippen molar-refractivity contribution in [1.82, 2.24) is 10.3 Å². The second-order valence-electron chi connectivity index (χ2n) is 7.28. The van der Waals surface area contributed by atoms with Gasteiger partial charge in [-0.1, -0.05) is 41.9 Å². The Balaban J connectivity index is 1.64. The number of aromatic nitrogens is 1. The molecule has 0 fully saturated rings. The minimum absolute atomic E-state index is 0.146. The summed E-state index contributed by atoms with van der Waals surface area (Å²) in [5.41, 5.74) is 3.92. The molecule has 0 aliphatic heterocycles. The van der Waals surface area contributed by atoms with E-state index in [9.17, 15) is 4.79 Å². The molecule has 0 saturated carbocycles. The molecule has 0 spiro atoms. The van der Waals surface area contributed by atoms with Gasteiger partial charge in [0.25, 0.3) is 5.91 Å². The number of benzene rings is 3. The number of nitrogens with zero attached hydrogens (tertiary/aromatic N) is 1. The number of hydrogen-bond donors (Lipinski definition) is 1. The lowest BCUT2D eigenvalue weighted by Gasteiger charge is -2.12. The number of ether oxygens (including phenoxy) is 2. The van der Waals surface area contributed by atoms with Gasteiger partial charge in [-0.25, -0.2) is 4.98 Å². The first-order valence-corrected chi connectivity index (χ1v) is 10.6. The van der Waals surface area contributed by atoms with Gasteiger partial charge in [0.2, 0.25) is 0 Å². The van der Waals surface area contributed by atoms with E-state index >= 15 is 0 Å². The van der Waals surface area contributed by atoms with Crippen LogP contribution < -0.4 is 14.8 Å². The molecule has 1 amide bonds. The van der Waals surface area contributed by atoms with E-state index in [-0.39, 0.29) is 5.91 Å². The molecular formula is C26H23ClN2O3. The summed E-state index contributed by atoms with van der Waals surface area (Å²) >= 11 is 6.05. The third kappa shape index (κ3) is 4.68. The minimum Gasteiger partial charge on any atom is -0.493 e. The van der Waals surface area contributed by atoms with Gasteiger partial charge in [-0.15, -0.1) is 0 Å². The largest absolute Gasteiger partial charge is 0.493 e. The lowest BCUT2D eigenvalue weighted by atomic mass is 10.0.